The summed E-state index contributed by atoms with van der Waals surface area (Å²) in [4.78, 5) is 20.4. The number of para-hydroxylation sites is 1. The number of carbonyl (C=O) groups is 1. The molecule has 0 unspecified atom stereocenters. The van der Waals surface area contributed by atoms with Crippen molar-refractivity contribution >= 4 is 22.5 Å². The average Bonchev–Trinajstić information content (AvgIpc) is 2.74. The van der Waals surface area contributed by atoms with E-state index in [4.69, 9.17) is 0 Å². The molecule has 1 saturated carbocycles. The molecule has 0 saturated heterocycles. The van der Waals surface area contributed by atoms with Crippen LogP contribution in [0.3, 0.4) is 0 Å². The van der Waals surface area contributed by atoms with Gasteiger partial charge in [0, 0.05) is 28.9 Å². The van der Waals surface area contributed by atoms with E-state index >= 15 is 0 Å². The van der Waals surface area contributed by atoms with E-state index in [1.54, 1.807) is 36.4 Å². The van der Waals surface area contributed by atoms with Crippen LogP contribution in [0.5, 0.6) is 0 Å². The molecule has 0 atom stereocenters. The molecule has 1 aliphatic carbocycles. The van der Waals surface area contributed by atoms with Crippen molar-refractivity contribution in [1.82, 2.24) is 15.3 Å². The van der Waals surface area contributed by atoms with E-state index in [0.717, 1.165) is 37.4 Å². The number of rotatable bonds is 4. The second kappa shape index (κ2) is 8.53. The van der Waals surface area contributed by atoms with Gasteiger partial charge in [0.25, 0.3) is 5.91 Å². The molecule has 162 valence electrons. The Labute approximate surface area is 178 Å². The number of halogens is 3. The molecule has 1 aromatic carbocycles. The van der Waals surface area contributed by atoms with Gasteiger partial charge < -0.3 is 10.6 Å². The Kier molecular flexibility index (Phi) is 5.80. The molecule has 1 aliphatic rings. The van der Waals surface area contributed by atoms with Gasteiger partial charge in [0.05, 0.1) is 5.52 Å². The van der Waals surface area contributed by atoms with E-state index in [0.29, 0.717) is 22.3 Å². The minimum atomic E-state index is -4.51. The van der Waals surface area contributed by atoms with Gasteiger partial charge in [0.2, 0.25) is 0 Å². The van der Waals surface area contributed by atoms with Crippen molar-refractivity contribution in [3.05, 3.63) is 65.6 Å². The summed E-state index contributed by atoms with van der Waals surface area (Å²) in [5.41, 5.74) is 1.02. The van der Waals surface area contributed by atoms with Crippen molar-refractivity contribution in [2.45, 2.75) is 50.9 Å². The van der Waals surface area contributed by atoms with Crippen LogP contribution in [-0.2, 0) is 6.18 Å². The maximum Gasteiger partial charge on any atom is 0.433 e. The number of nitrogens with one attached hydrogen (secondary N) is 2. The molecule has 0 bridgehead atoms. The Balaban J connectivity index is 1.42. The van der Waals surface area contributed by atoms with Crippen LogP contribution < -0.4 is 10.6 Å². The summed E-state index contributed by atoms with van der Waals surface area (Å²) >= 11 is 0. The molecule has 5 nitrogen and oxygen atoms in total. The highest BCUT2D eigenvalue weighted by atomic mass is 19.4. The maximum absolute atomic E-state index is 13.3. The first kappa shape index (κ1) is 21.1. The van der Waals surface area contributed by atoms with Gasteiger partial charge in [-0.05, 0) is 56.9 Å². The second-order valence-electron chi connectivity index (χ2n) is 7.90. The summed E-state index contributed by atoms with van der Waals surface area (Å²) in [6, 6.07) is 13.3. The molecule has 8 heteroatoms. The van der Waals surface area contributed by atoms with Crippen LogP contribution in [0.1, 0.15) is 47.6 Å². The highest BCUT2D eigenvalue weighted by Gasteiger charge is 2.33. The lowest BCUT2D eigenvalue weighted by atomic mass is 9.90. The van der Waals surface area contributed by atoms with Crippen LogP contribution in [0, 0.1) is 6.92 Å². The van der Waals surface area contributed by atoms with Gasteiger partial charge >= 0.3 is 6.18 Å². The van der Waals surface area contributed by atoms with Crippen molar-refractivity contribution in [2.24, 2.45) is 0 Å². The highest BCUT2D eigenvalue weighted by Crippen LogP contribution is 2.34. The topological polar surface area (TPSA) is 66.9 Å². The summed E-state index contributed by atoms with van der Waals surface area (Å²) in [6.07, 6.45) is -1.55. The quantitative estimate of drug-likeness (QED) is 0.606. The third-order valence-electron chi connectivity index (χ3n) is 5.55. The van der Waals surface area contributed by atoms with E-state index in [-0.39, 0.29) is 18.0 Å². The molecule has 1 amide bonds. The van der Waals surface area contributed by atoms with Crippen LogP contribution in [0.2, 0.25) is 0 Å². The number of anilines is 1. The molecule has 4 rings (SSSR count). The minimum Gasteiger partial charge on any atom is -0.382 e. The fourth-order valence-corrected chi connectivity index (χ4v) is 3.97. The first-order valence-electron chi connectivity index (χ1n) is 10.3. The number of fused-ring (bicyclic) bond motifs is 1. The molecule has 31 heavy (non-hydrogen) atoms. The van der Waals surface area contributed by atoms with Crippen molar-refractivity contribution in [2.75, 3.05) is 5.32 Å². The summed E-state index contributed by atoms with van der Waals surface area (Å²) in [5, 5.41) is 6.97. The summed E-state index contributed by atoms with van der Waals surface area (Å²) < 4.78 is 39.8. The Morgan fingerprint density at radius 2 is 1.68 bits per heavy atom. The number of hydrogen-bond donors (Lipinski definition) is 2. The van der Waals surface area contributed by atoms with Gasteiger partial charge in [0.15, 0.2) is 0 Å². The van der Waals surface area contributed by atoms with Gasteiger partial charge in [-0.3, -0.25) is 4.79 Å². The van der Waals surface area contributed by atoms with E-state index in [9.17, 15) is 18.0 Å². The van der Waals surface area contributed by atoms with Gasteiger partial charge in [-0.2, -0.15) is 13.2 Å². The van der Waals surface area contributed by atoms with Crippen molar-refractivity contribution in [1.29, 1.82) is 0 Å². The van der Waals surface area contributed by atoms with Gasteiger partial charge in [-0.15, -0.1) is 0 Å². The lowest BCUT2D eigenvalue weighted by Gasteiger charge is -2.30. The van der Waals surface area contributed by atoms with E-state index in [2.05, 4.69) is 20.6 Å². The number of amides is 1. The molecular formula is C23H23F3N4O. The van der Waals surface area contributed by atoms with Crippen LogP contribution in [0.15, 0.2) is 48.5 Å². The lowest BCUT2D eigenvalue weighted by molar-refractivity contribution is -0.140. The standard InChI is InChI=1S/C23H23F3N4O/c1-14-5-4-8-19(27-14)22(31)29-16-11-9-15(10-12-16)28-20-13-21(23(24,25)26)30-18-7-3-2-6-17(18)20/h2-8,13,15-16H,9-12H2,1H3,(H,28,30)(H,29,31)/t15-,16+. The van der Waals surface area contributed by atoms with Gasteiger partial charge in [-0.1, -0.05) is 24.3 Å². The first-order chi connectivity index (χ1) is 14.8. The van der Waals surface area contributed by atoms with E-state index in [1.807, 2.05) is 13.0 Å². The number of alkyl halides is 3. The third kappa shape index (κ3) is 4.95. The van der Waals surface area contributed by atoms with Crippen molar-refractivity contribution in [3.63, 3.8) is 0 Å². The van der Waals surface area contributed by atoms with Crippen molar-refractivity contribution < 1.29 is 18.0 Å². The fourth-order valence-electron chi connectivity index (χ4n) is 3.97. The number of pyridine rings is 2. The molecule has 2 N–H and O–H groups in total. The normalized spacial score (nSPS) is 19.2. The zero-order chi connectivity index (χ0) is 22.0. The maximum atomic E-state index is 13.3. The largest absolute Gasteiger partial charge is 0.433 e. The van der Waals surface area contributed by atoms with E-state index in [1.165, 1.54) is 0 Å². The Hall–Kier alpha value is -3.16. The van der Waals surface area contributed by atoms with Crippen molar-refractivity contribution in [3.8, 4) is 0 Å². The molecular weight excluding hydrogens is 405 g/mol. The molecule has 0 aliphatic heterocycles. The van der Waals surface area contributed by atoms with Crippen LogP contribution >= 0.6 is 0 Å². The number of carbonyl (C=O) groups excluding carboxylic acids is 1. The molecule has 0 radical (unpaired) electrons. The first-order valence-corrected chi connectivity index (χ1v) is 10.3. The monoisotopic (exact) mass is 428 g/mol. The predicted molar refractivity (Wildman–Crippen MR) is 113 cm³/mol. The number of nitrogens with zero attached hydrogens (tertiary/aromatic N) is 2. The zero-order valence-electron chi connectivity index (χ0n) is 17.0. The van der Waals surface area contributed by atoms with Crippen LogP contribution in [0.25, 0.3) is 10.9 Å². The minimum absolute atomic E-state index is 0.0211. The van der Waals surface area contributed by atoms with Crippen LogP contribution in [0.4, 0.5) is 18.9 Å². The Morgan fingerprint density at radius 3 is 2.39 bits per heavy atom. The van der Waals surface area contributed by atoms with Gasteiger partial charge in [0.1, 0.15) is 11.4 Å². The summed E-state index contributed by atoms with van der Waals surface area (Å²) in [7, 11) is 0. The molecule has 2 heterocycles. The average molecular weight is 428 g/mol. The SMILES string of the molecule is Cc1cccc(C(=O)N[C@H]2CC[C@@H](Nc3cc(C(F)(F)F)nc4ccccc34)CC2)n1. The highest BCUT2D eigenvalue weighted by molar-refractivity contribution is 5.92. The molecule has 2 aromatic heterocycles. The van der Waals surface area contributed by atoms with Crippen LogP contribution in [-0.4, -0.2) is 28.0 Å². The molecule has 3 aromatic rings. The third-order valence-corrected chi connectivity index (χ3v) is 5.55. The summed E-state index contributed by atoms with van der Waals surface area (Å²) in [6.45, 7) is 1.83. The fraction of sp³-hybridized carbons (Fsp3) is 0.348. The zero-order valence-corrected chi connectivity index (χ0v) is 17.0. The number of hydrogen-bond acceptors (Lipinski definition) is 4. The second-order valence-corrected chi connectivity index (χ2v) is 7.90. The number of benzene rings is 1. The Morgan fingerprint density at radius 1 is 0.968 bits per heavy atom. The van der Waals surface area contributed by atoms with Gasteiger partial charge in [-0.25, -0.2) is 9.97 Å². The predicted octanol–water partition coefficient (Wildman–Crippen LogP) is 5.11. The summed E-state index contributed by atoms with van der Waals surface area (Å²) in [5.74, 6) is -0.199. The smallest absolute Gasteiger partial charge is 0.382 e. The number of aromatic nitrogens is 2. The van der Waals surface area contributed by atoms with E-state index < -0.39 is 11.9 Å². The lowest BCUT2D eigenvalue weighted by Crippen LogP contribution is -2.40. The number of aryl methyl sites for hydroxylation is 1. The Bertz CT molecular complexity index is 1090. The molecule has 1 fully saturated rings. The molecule has 0 spiro atoms.